The Kier molecular flexibility index (Phi) is 4.82. The maximum Gasteiger partial charge on any atom is 0.244 e. The van der Waals surface area contributed by atoms with Crippen LogP contribution in [0.25, 0.3) is 17.0 Å². The number of rotatable bonds is 4. The fourth-order valence-electron chi connectivity index (χ4n) is 3.42. The van der Waals surface area contributed by atoms with Crippen molar-refractivity contribution in [3.05, 3.63) is 42.1 Å². The minimum absolute atomic E-state index is 0.0713. The topological polar surface area (TPSA) is 54.3 Å². The number of para-hydroxylation sites is 1. The van der Waals surface area contributed by atoms with Crippen LogP contribution in [0.15, 0.2) is 36.5 Å². The molecule has 0 saturated heterocycles. The van der Waals surface area contributed by atoms with Gasteiger partial charge in [0, 0.05) is 42.3 Å². The lowest BCUT2D eigenvalue weighted by molar-refractivity contribution is -0.116. The summed E-state index contributed by atoms with van der Waals surface area (Å²) >= 11 is 0. The molecule has 1 fully saturated rings. The van der Waals surface area contributed by atoms with Gasteiger partial charge < -0.3 is 15.0 Å². The van der Waals surface area contributed by atoms with Gasteiger partial charge >= 0.3 is 0 Å². The van der Waals surface area contributed by atoms with Crippen LogP contribution in [-0.4, -0.2) is 28.2 Å². The van der Waals surface area contributed by atoms with Crippen molar-refractivity contribution in [2.24, 2.45) is 13.0 Å². The normalized spacial score (nSPS) is 21.8. The number of benzene rings is 1. The maximum absolute atomic E-state index is 12.0. The molecule has 1 aliphatic rings. The molecule has 2 aromatic rings. The number of amides is 1. The SMILES string of the molecule is Cn1cc(/C=C/C(=O)NCC2CCCC(O)C2)c2ccccc21. The first-order valence-electron chi connectivity index (χ1n) is 8.31. The molecule has 1 aromatic heterocycles. The molecular formula is C19H24N2O2. The molecule has 1 amide bonds. The number of aryl methyl sites for hydroxylation is 1. The summed E-state index contributed by atoms with van der Waals surface area (Å²) in [5.74, 6) is 0.326. The summed E-state index contributed by atoms with van der Waals surface area (Å²) in [6.45, 7) is 0.649. The summed E-state index contributed by atoms with van der Waals surface area (Å²) in [4.78, 5) is 12.0. The Morgan fingerprint density at radius 3 is 3.04 bits per heavy atom. The molecule has 2 atom stereocenters. The molecule has 4 heteroatoms. The average molecular weight is 312 g/mol. The highest BCUT2D eigenvalue weighted by Gasteiger charge is 2.20. The monoisotopic (exact) mass is 312 g/mol. The van der Waals surface area contributed by atoms with Gasteiger partial charge in [-0.1, -0.05) is 24.6 Å². The van der Waals surface area contributed by atoms with Crippen molar-refractivity contribution in [2.75, 3.05) is 6.54 Å². The summed E-state index contributed by atoms with van der Waals surface area (Å²) in [6, 6.07) is 8.16. The fraction of sp³-hybridized carbons (Fsp3) is 0.421. The third-order valence-electron chi connectivity index (χ3n) is 4.66. The van der Waals surface area contributed by atoms with E-state index in [0.29, 0.717) is 12.5 Å². The number of hydrogen-bond acceptors (Lipinski definition) is 2. The number of carbonyl (C=O) groups is 1. The van der Waals surface area contributed by atoms with E-state index in [1.54, 1.807) is 6.08 Å². The van der Waals surface area contributed by atoms with Crippen molar-refractivity contribution in [1.29, 1.82) is 0 Å². The number of nitrogens with zero attached hydrogens (tertiary/aromatic N) is 1. The van der Waals surface area contributed by atoms with Gasteiger partial charge in [0.1, 0.15) is 0 Å². The molecule has 3 rings (SSSR count). The van der Waals surface area contributed by atoms with Crippen molar-refractivity contribution in [3.63, 3.8) is 0 Å². The molecule has 1 aromatic carbocycles. The predicted octanol–water partition coefficient (Wildman–Crippen LogP) is 2.86. The number of nitrogens with one attached hydrogen (secondary N) is 1. The van der Waals surface area contributed by atoms with E-state index in [4.69, 9.17) is 0 Å². The van der Waals surface area contributed by atoms with Crippen LogP contribution in [0.5, 0.6) is 0 Å². The van der Waals surface area contributed by atoms with Gasteiger partial charge in [-0.25, -0.2) is 0 Å². The molecule has 0 aliphatic heterocycles. The van der Waals surface area contributed by atoms with Crippen LogP contribution in [0.2, 0.25) is 0 Å². The summed E-state index contributed by atoms with van der Waals surface area (Å²) in [7, 11) is 2.01. The van der Waals surface area contributed by atoms with Crippen LogP contribution < -0.4 is 5.32 Å². The number of hydrogen-bond donors (Lipinski definition) is 2. The van der Waals surface area contributed by atoms with Crippen molar-refractivity contribution in [1.82, 2.24) is 9.88 Å². The molecule has 1 heterocycles. The van der Waals surface area contributed by atoms with E-state index in [1.165, 1.54) is 0 Å². The van der Waals surface area contributed by atoms with Gasteiger partial charge in [0.25, 0.3) is 0 Å². The van der Waals surface area contributed by atoms with E-state index in [0.717, 1.165) is 42.1 Å². The Morgan fingerprint density at radius 1 is 1.39 bits per heavy atom. The van der Waals surface area contributed by atoms with Crippen molar-refractivity contribution >= 4 is 22.9 Å². The average Bonchev–Trinajstić information content (AvgIpc) is 2.88. The van der Waals surface area contributed by atoms with Crippen LogP contribution >= 0.6 is 0 Å². The second-order valence-corrected chi connectivity index (χ2v) is 6.48. The molecule has 4 nitrogen and oxygen atoms in total. The lowest BCUT2D eigenvalue weighted by atomic mass is 9.87. The number of carbonyl (C=O) groups excluding carboxylic acids is 1. The van der Waals surface area contributed by atoms with Crippen molar-refractivity contribution in [2.45, 2.75) is 31.8 Å². The smallest absolute Gasteiger partial charge is 0.244 e. The van der Waals surface area contributed by atoms with Gasteiger partial charge in [0.2, 0.25) is 5.91 Å². The highest BCUT2D eigenvalue weighted by atomic mass is 16.3. The van der Waals surface area contributed by atoms with Crippen LogP contribution in [-0.2, 0) is 11.8 Å². The van der Waals surface area contributed by atoms with E-state index >= 15 is 0 Å². The first kappa shape index (κ1) is 15.8. The van der Waals surface area contributed by atoms with Crippen LogP contribution in [0.3, 0.4) is 0 Å². The Bertz CT molecular complexity index is 717. The van der Waals surface area contributed by atoms with E-state index in [9.17, 15) is 9.90 Å². The quantitative estimate of drug-likeness (QED) is 0.853. The predicted molar refractivity (Wildman–Crippen MR) is 92.9 cm³/mol. The van der Waals surface area contributed by atoms with Gasteiger partial charge in [-0.05, 0) is 37.3 Å². The summed E-state index contributed by atoms with van der Waals surface area (Å²) < 4.78 is 2.07. The molecule has 1 aliphatic carbocycles. The number of aliphatic hydroxyl groups excluding tert-OH is 1. The van der Waals surface area contributed by atoms with E-state index in [2.05, 4.69) is 22.0 Å². The van der Waals surface area contributed by atoms with E-state index < -0.39 is 0 Å². The molecule has 23 heavy (non-hydrogen) atoms. The Labute approximate surface area is 136 Å². The van der Waals surface area contributed by atoms with Gasteiger partial charge in [-0.2, -0.15) is 0 Å². The van der Waals surface area contributed by atoms with Crippen molar-refractivity contribution in [3.8, 4) is 0 Å². The molecule has 2 N–H and O–H groups in total. The second-order valence-electron chi connectivity index (χ2n) is 6.48. The zero-order chi connectivity index (χ0) is 16.2. The third-order valence-corrected chi connectivity index (χ3v) is 4.66. The third kappa shape index (κ3) is 3.82. The minimum atomic E-state index is -0.197. The zero-order valence-electron chi connectivity index (χ0n) is 13.5. The largest absolute Gasteiger partial charge is 0.393 e. The minimum Gasteiger partial charge on any atom is -0.393 e. The lowest BCUT2D eigenvalue weighted by Gasteiger charge is -2.25. The van der Waals surface area contributed by atoms with Gasteiger partial charge in [0.15, 0.2) is 0 Å². The summed E-state index contributed by atoms with van der Waals surface area (Å²) in [5.41, 5.74) is 2.20. The van der Waals surface area contributed by atoms with Gasteiger partial charge in [0.05, 0.1) is 6.10 Å². The van der Waals surface area contributed by atoms with Crippen molar-refractivity contribution < 1.29 is 9.90 Å². The summed E-state index contributed by atoms with van der Waals surface area (Å²) in [6.07, 6.45) is 9.13. The molecule has 122 valence electrons. The Balaban J connectivity index is 1.59. The van der Waals surface area contributed by atoms with E-state index in [-0.39, 0.29) is 12.0 Å². The molecule has 0 radical (unpaired) electrons. The molecule has 0 bridgehead atoms. The Hall–Kier alpha value is -2.07. The number of aliphatic hydroxyl groups is 1. The maximum atomic E-state index is 12.0. The molecule has 0 spiro atoms. The number of fused-ring (bicyclic) bond motifs is 1. The molecule has 2 unspecified atom stereocenters. The summed E-state index contributed by atoms with van der Waals surface area (Å²) in [5, 5.41) is 13.8. The van der Waals surface area contributed by atoms with Crippen LogP contribution in [0.1, 0.15) is 31.2 Å². The standard InChI is InChI=1S/C19H24N2O2/c1-21-13-15(17-7-2-3-8-18(17)21)9-10-19(23)20-12-14-5-4-6-16(22)11-14/h2-3,7-10,13-14,16,22H,4-6,11-12H2,1H3,(H,20,23)/b10-9+. The highest BCUT2D eigenvalue weighted by molar-refractivity contribution is 5.96. The van der Waals surface area contributed by atoms with Crippen LogP contribution in [0, 0.1) is 5.92 Å². The second kappa shape index (κ2) is 7.01. The van der Waals surface area contributed by atoms with Gasteiger partial charge in [-0.15, -0.1) is 0 Å². The Morgan fingerprint density at radius 2 is 2.22 bits per heavy atom. The lowest BCUT2D eigenvalue weighted by Crippen LogP contribution is -2.32. The first-order valence-corrected chi connectivity index (χ1v) is 8.31. The highest BCUT2D eigenvalue weighted by Crippen LogP contribution is 2.23. The van der Waals surface area contributed by atoms with E-state index in [1.807, 2.05) is 31.5 Å². The zero-order valence-corrected chi connectivity index (χ0v) is 13.5. The molecule has 1 saturated carbocycles. The first-order chi connectivity index (χ1) is 11.1. The number of aromatic nitrogens is 1. The van der Waals surface area contributed by atoms with Crippen LogP contribution in [0.4, 0.5) is 0 Å². The fourth-order valence-corrected chi connectivity index (χ4v) is 3.42. The molecular weight excluding hydrogens is 288 g/mol. The van der Waals surface area contributed by atoms with Gasteiger partial charge in [-0.3, -0.25) is 4.79 Å².